The molecule has 0 radical (unpaired) electrons. The first-order valence-electron chi connectivity index (χ1n) is 48.4. The number of rotatable bonds is 24. The van der Waals surface area contributed by atoms with Crippen LogP contribution in [0.5, 0.6) is 0 Å². The number of likely N-dealkylation sites (tertiary alicyclic amines) is 4. The average Bonchev–Trinajstić information content (AvgIpc) is 1.71. The molecular formula is C99H121Cl5F2N26O7S3. The molecule has 8 aliphatic heterocycles. The van der Waals surface area contributed by atoms with Gasteiger partial charge in [0.1, 0.15) is 53.2 Å². The van der Waals surface area contributed by atoms with Gasteiger partial charge in [-0.25, -0.2) is 63.9 Å². The minimum absolute atomic E-state index is 0.131. The third-order valence-electron chi connectivity index (χ3n) is 28.4. The number of hydrogen-bond donors (Lipinski definition) is 10. The van der Waals surface area contributed by atoms with Crippen LogP contribution in [0.15, 0.2) is 97.6 Å². The highest BCUT2D eigenvalue weighted by Gasteiger charge is 2.39. The summed E-state index contributed by atoms with van der Waals surface area (Å²) in [5.41, 5.74) is 16.9. The van der Waals surface area contributed by atoms with E-state index >= 15 is 8.78 Å². The molecule has 142 heavy (non-hydrogen) atoms. The van der Waals surface area contributed by atoms with E-state index in [4.69, 9.17) is 62.7 Å². The van der Waals surface area contributed by atoms with Crippen molar-refractivity contribution in [3.63, 3.8) is 0 Å². The first kappa shape index (κ1) is 103. The Hall–Kier alpha value is -10.2. The van der Waals surface area contributed by atoms with Gasteiger partial charge in [0.2, 0.25) is 11.9 Å². The minimum Gasteiger partial charge on any atom is -0.378 e. The van der Waals surface area contributed by atoms with Gasteiger partial charge in [0.05, 0.1) is 84.2 Å². The number of anilines is 12. The monoisotopic (exact) mass is 2090 g/mol. The summed E-state index contributed by atoms with van der Waals surface area (Å²) in [4.78, 5) is 45.0. The van der Waals surface area contributed by atoms with Gasteiger partial charge in [-0.3, -0.25) is 35.1 Å². The standard InChI is InChI=1S/C26H34ClN7O2S.C25H30Cl2N6O2S.C25H30ClFN6O2S.C23H27ClFN7O/c1-16-13-23(29-26-28-15-22(27)25(31-26)30-24-14-18(3)32-33-24)17(2)12-21(16)19-4-8-34(9-5-19)20-6-10-37(35,36)11-7-20;1-15-9-20(17-3-6-33(7-4-17)19-5-8-36(34,35)14-19)21(26)11-18(15)12-23-28-13-22(27)25(29-23)30-24-10-16(2)31-32-24;1-15-9-18(11-23-28-13-21(26)25(29-23)30-24-10-16(2)31-32-24)22(27)12-20(15)17-3-6-33(7-4-17)19-5-8-36(34,35)14-19;1-13-7-20(19(25)9-17(13)15-3-5-32(6-4-15)16-11-33-12-16)27-23-26-10-18(24)22(29-23)28-21-8-14(2)30-31-21/h12-15,19-20H,4-11H2,1-3H3,(H3,28,29,30,31,32,33);9-11,13,17,19H,3-8,12,14H2,1-2H3,(H2,28,29,30,31,32);9-10,12-13,17,19H,3-8,11,14H2,1-2H3,(H2,28,29,30,31,32);7-10,15-16H,3-6,11-12H2,1-2H3,(H3,26,27,28,29,30,31). The third kappa shape index (κ3) is 26.4. The number of halogens is 7. The Morgan fingerprint density at radius 2 is 0.676 bits per heavy atom. The van der Waals surface area contributed by atoms with E-state index in [1.807, 2.05) is 84.0 Å². The van der Waals surface area contributed by atoms with Crippen molar-refractivity contribution in [3.8, 4) is 0 Å². The van der Waals surface area contributed by atoms with Gasteiger partial charge in [-0.1, -0.05) is 76.2 Å². The summed E-state index contributed by atoms with van der Waals surface area (Å²) in [5.74, 6) is 8.84. The lowest BCUT2D eigenvalue weighted by atomic mass is 9.85. The molecule has 0 bridgehead atoms. The van der Waals surface area contributed by atoms with Crippen molar-refractivity contribution in [1.82, 2.24) is 100 Å². The number of aryl methyl sites for hydroxylation is 9. The van der Waals surface area contributed by atoms with E-state index < -0.39 is 29.5 Å². The van der Waals surface area contributed by atoms with Crippen LogP contribution in [-0.2, 0) is 47.1 Å². The molecule has 33 nitrogen and oxygen atoms in total. The molecule has 12 aromatic rings. The van der Waals surface area contributed by atoms with E-state index in [-0.39, 0.29) is 47.8 Å². The van der Waals surface area contributed by atoms with Gasteiger partial charge in [0.15, 0.2) is 66.2 Å². The summed E-state index contributed by atoms with van der Waals surface area (Å²) in [6, 6.07) is 24.4. The Bertz CT molecular complexity index is 6660. The highest BCUT2D eigenvalue weighted by molar-refractivity contribution is 7.92. The Kier molecular flexibility index (Phi) is 32.9. The maximum atomic E-state index is 15.2. The van der Waals surface area contributed by atoms with Crippen molar-refractivity contribution in [2.24, 2.45) is 0 Å². The number of nitrogens with zero attached hydrogens (tertiary/aromatic N) is 16. The van der Waals surface area contributed by atoms with Gasteiger partial charge in [0.25, 0.3) is 0 Å². The molecule has 756 valence electrons. The van der Waals surface area contributed by atoms with E-state index in [1.165, 1.54) is 29.1 Å². The van der Waals surface area contributed by atoms with Crippen molar-refractivity contribution in [2.45, 2.75) is 200 Å². The lowest BCUT2D eigenvalue weighted by molar-refractivity contribution is -0.0712. The fourth-order valence-corrected chi connectivity index (χ4v) is 26.4. The number of nitrogens with one attached hydrogen (secondary N) is 10. The Balaban J connectivity index is 0.000000130. The van der Waals surface area contributed by atoms with Gasteiger partial charge in [-0.05, 0) is 307 Å². The van der Waals surface area contributed by atoms with Crippen LogP contribution in [0.4, 0.5) is 78.6 Å². The highest BCUT2D eigenvalue weighted by atomic mass is 35.5. The Labute approximate surface area is 852 Å². The van der Waals surface area contributed by atoms with E-state index in [1.54, 1.807) is 24.5 Å². The van der Waals surface area contributed by atoms with Gasteiger partial charge in [-0.2, -0.15) is 30.4 Å². The molecule has 20 rings (SSSR count). The lowest BCUT2D eigenvalue weighted by Crippen LogP contribution is -2.51. The normalized spacial score (nSPS) is 19.5. The molecule has 8 aliphatic rings. The number of piperidine rings is 4. The van der Waals surface area contributed by atoms with E-state index in [0.717, 1.165) is 215 Å². The molecule has 2 atom stereocenters. The zero-order valence-electron chi connectivity index (χ0n) is 81.0. The van der Waals surface area contributed by atoms with Crippen molar-refractivity contribution in [2.75, 3.05) is 132 Å². The minimum atomic E-state index is -2.89. The van der Waals surface area contributed by atoms with Crippen molar-refractivity contribution in [1.29, 1.82) is 0 Å². The van der Waals surface area contributed by atoms with Crippen molar-refractivity contribution < 1.29 is 38.8 Å². The maximum Gasteiger partial charge on any atom is 0.229 e. The Morgan fingerprint density at radius 3 is 1.07 bits per heavy atom. The van der Waals surface area contributed by atoms with Gasteiger partial charge in [0, 0.05) is 88.7 Å². The van der Waals surface area contributed by atoms with Crippen LogP contribution in [-0.4, -0.2) is 250 Å². The summed E-state index contributed by atoms with van der Waals surface area (Å²) in [5, 5.41) is 49.1. The fraction of sp³-hybridized carbons (Fsp3) is 0.475. The molecule has 10 N–H and O–H groups in total. The van der Waals surface area contributed by atoms with E-state index in [9.17, 15) is 25.3 Å². The number of ether oxygens (including phenoxy) is 1. The number of aromatic amines is 4. The number of benzene rings is 4. The van der Waals surface area contributed by atoms with Crippen molar-refractivity contribution in [3.05, 3.63) is 230 Å². The molecule has 0 amide bonds. The smallest absolute Gasteiger partial charge is 0.229 e. The SMILES string of the molecule is Cc1cc(Nc2nc(Cc3cc(C)c(C4CCN(C5CCS(=O)(=O)C5)CC4)cc3F)ncc2Cl)n[nH]1.Cc1cc(Nc2nc(Cc3cc(Cl)c(C4CCN(C5CCS(=O)(=O)C5)CC4)cc3C)ncc2Cl)n[nH]1.Cc1cc(Nc2nc(Nc3cc(C)c(C4CCN(C5CCS(=O)(=O)CC5)CC4)cc3C)ncc2Cl)n[nH]1.Cc1cc(Nc2nc(Nc3cc(C)c(C4CCN(C5COC5)CC4)cc3F)ncc2Cl)n[nH]1. The van der Waals surface area contributed by atoms with E-state index in [2.05, 4.69) is 171 Å². The Morgan fingerprint density at radius 1 is 0.338 bits per heavy atom. The first-order chi connectivity index (χ1) is 68.0. The third-order valence-corrected chi connectivity index (χ3v) is 35.1. The van der Waals surface area contributed by atoms with Crippen molar-refractivity contribution >= 4 is 157 Å². The summed E-state index contributed by atoms with van der Waals surface area (Å²) in [6.45, 7) is 27.3. The molecule has 2 unspecified atom stereocenters. The second kappa shape index (κ2) is 45.2. The second-order valence-electron chi connectivity index (χ2n) is 38.8. The molecule has 4 aromatic carbocycles. The molecule has 8 saturated heterocycles. The predicted molar refractivity (Wildman–Crippen MR) is 556 cm³/mol. The lowest BCUT2D eigenvalue weighted by Gasteiger charge is -2.41. The van der Waals surface area contributed by atoms with Crippen LogP contribution in [0.1, 0.15) is 196 Å². The maximum absolute atomic E-state index is 15.2. The topological polar surface area (TPSA) is 415 Å². The van der Waals surface area contributed by atoms with Gasteiger partial charge < -0.3 is 41.5 Å². The van der Waals surface area contributed by atoms with Crippen LogP contribution in [0.25, 0.3) is 0 Å². The largest absolute Gasteiger partial charge is 0.378 e. The number of sulfone groups is 3. The molecule has 8 aromatic heterocycles. The summed E-state index contributed by atoms with van der Waals surface area (Å²) >= 11 is 31.9. The molecule has 43 heteroatoms. The van der Waals surface area contributed by atoms with Crippen LogP contribution in [0, 0.1) is 73.9 Å². The van der Waals surface area contributed by atoms with Crippen LogP contribution < -0.4 is 31.9 Å². The van der Waals surface area contributed by atoms with Crippen LogP contribution >= 0.6 is 58.0 Å². The molecule has 0 saturated carbocycles. The molecule has 8 fully saturated rings. The molecule has 16 heterocycles. The molecular weight excluding hydrogens is 1980 g/mol. The quantitative estimate of drug-likeness (QED) is 0.0269. The average molecular weight is 2100 g/mol. The van der Waals surface area contributed by atoms with Gasteiger partial charge >= 0.3 is 0 Å². The predicted octanol–water partition coefficient (Wildman–Crippen LogP) is 18.8. The zero-order valence-corrected chi connectivity index (χ0v) is 87.2. The van der Waals surface area contributed by atoms with Crippen LogP contribution in [0.2, 0.25) is 25.1 Å². The highest BCUT2D eigenvalue weighted by Crippen LogP contribution is 2.43. The summed E-state index contributed by atoms with van der Waals surface area (Å²) < 4.78 is 107. The van der Waals surface area contributed by atoms with Gasteiger partial charge in [-0.15, -0.1) is 0 Å². The van der Waals surface area contributed by atoms with E-state index in [0.29, 0.717) is 161 Å². The fourth-order valence-electron chi connectivity index (χ4n) is 20.5. The summed E-state index contributed by atoms with van der Waals surface area (Å²) in [6.07, 6.45) is 18.0. The number of aromatic nitrogens is 16. The number of H-pyrrole nitrogens is 4. The molecule has 0 aliphatic carbocycles. The molecule has 0 spiro atoms. The van der Waals surface area contributed by atoms with Crippen LogP contribution in [0.3, 0.4) is 0 Å². The zero-order chi connectivity index (χ0) is 100. The number of hydrogen-bond acceptors (Lipinski definition) is 29. The summed E-state index contributed by atoms with van der Waals surface area (Å²) in [7, 11) is -8.57. The second-order valence-corrected chi connectivity index (χ2v) is 47.6. The first-order valence-corrected chi connectivity index (χ1v) is 55.7.